The van der Waals surface area contributed by atoms with Crippen LogP contribution in [0.15, 0.2) is 0 Å². The molecule has 0 aliphatic rings. The SMILES string of the molecule is O.O.O.O.O.[Cl][Sb]([Cl])[Cl]. The Labute approximate surface area is 70.4 Å². The molecule has 66 valence electrons. The summed E-state index contributed by atoms with van der Waals surface area (Å²) in [5.41, 5.74) is 0. The fraction of sp³-hybridized carbons (Fsp3) is 0. The maximum atomic E-state index is 4.99. The molecule has 0 rings (SSSR count). The van der Waals surface area contributed by atoms with E-state index in [-0.39, 0.29) is 27.4 Å². The van der Waals surface area contributed by atoms with Gasteiger partial charge >= 0.3 is 43.3 Å². The molecule has 0 aromatic carbocycles. The van der Waals surface area contributed by atoms with Crippen LogP contribution in [0.2, 0.25) is 0 Å². The zero-order valence-corrected chi connectivity index (χ0v) is 8.90. The third-order valence-electron chi connectivity index (χ3n) is 0. The second-order valence-corrected chi connectivity index (χ2v) is 11.6. The average molecular weight is 318 g/mol. The van der Waals surface area contributed by atoms with Gasteiger partial charge in [0.05, 0.1) is 0 Å². The van der Waals surface area contributed by atoms with Crippen LogP contribution >= 0.6 is 26.5 Å². The standard InChI is InChI=1S/3ClH.5H2O.Sb/h3*1H;5*1H2;/q;;;;;;;;+3/p-3. The molecule has 10 N–H and O–H groups in total. The normalized spacial score (nSPS) is 4.00. The predicted octanol–water partition coefficient (Wildman–Crippen LogP) is -2.44. The van der Waals surface area contributed by atoms with Gasteiger partial charge < -0.3 is 27.4 Å². The molecule has 0 radical (unpaired) electrons. The molecule has 0 heterocycles. The van der Waals surface area contributed by atoms with Gasteiger partial charge in [0, 0.05) is 0 Å². The first-order chi connectivity index (χ1) is 1.73. The van der Waals surface area contributed by atoms with Crippen LogP contribution in [0.5, 0.6) is 0 Å². The summed E-state index contributed by atoms with van der Waals surface area (Å²) < 4.78 is 0. The Morgan fingerprint density at radius 1 is 0.556 bits per heavy atom. The summed E-state index contributed by atoms with van der Waals surface area (Å²) in [6.07, 6.45) is 0. The molecule has 0 atom stereocenters. The molecule has 0 spiro atoms. The Hall–Kier alpha value is 1.49. The van der Waals surface area contributed by atoms with Gasteiger partial charge in [0.2, 0.25) is 0 Å². The maximum absolute atomic E-state index is 4.99. The van der Waals surface area contributed by atoms with Crippen LogP contribution in [0.1, 0.15) is 0 Å². The molecule has 0 fully saturated rings. The van der Waals surface area contributed by atoms with Crippen LogP contribution in [0.3, 0.4) is 0 Å². The van der Waals surface area contributed by atoms with Gasteiger partial charge in [0.15, 0.2) is 0 Å². The molecule has 0 saturated heterocycles. The zero-order chi connectivity index (χ0) is 3.58. The molecule has 0 saturated carbocycles. The van der Waals surface area contributed by atoms with Crippen LogP contribution in [0.25, 0.3) is 0 Å². The second-order valence-electron chi connectivity index (χ2n) is 0.192. The number of hydrogen-bond donors (Lipinski definition) is 0. The Balaban J connectivity index is -0.00000000450. The van der Waals surface area contributed by atoms with Crippen LogP contribution in [-0.4, -0.2) is 44.2 Å². The van der Waals surface area contributed by atoms with Gasteiger partial charge in [-0.3, -0.25) is 0 Å². The van der Waals surface area contributed by atoms with E-state index in [1.54, 1.807) is 0 Å². The topological polar surface area (TPSA) is 158 Å². The molecular weight excluding hydrogens is 308 g/mol. The van der Waals surface area contributed by atoms with E-state index >= 15 is 0 Å². The van der Waals surface area contributed by atoms with Gasteiger partial charge in [-0.2, -0.15) is 0 Å². The summed E-state index contributed by atoms with van der Waals surface area (Å²) in [5, 5.41) is 0. The van der Waals surface area contributed by atoms with E-state index in [1.165, 1.54) is 0 Å². The van der Waals surface area contributed by atoms with Gasteiger partial charge in [-0.15, -0.1) is 0 Å². The molecule has 9 heavy (non-hydrogen) atoms. The third-order valence-corrected chi connectivity index (χ3v) is 0. The Kier molecular flexibility index (Phi) is 177. The van der Waals surface area contributed by atoms with E-state index < -0.39 is 16.8 Å². The molecule has 0 amide bonds. The first kappa shape index (κ1) is 46.9. The van der Waals surface area contributed by atoms with Crippen molar-refractivity contribution in [1.29, 1.82) is 0 Å². The van der Waals surface area contributed by atoms with Crippen LogP contribution in [0.4, 0.5) is 0 Å². The van der Waals surface area contributed by atoms with E-state index in [4.69, 9.17) is 26.5 Å². The zero-order valence-electron chi connectivity index (χ0n) is 4.08. The number of hydrogen-bond acceptors (Lipinski definition) is 0. The van der Waals surface area contributed by atoms with Crippen LogP contribution in [-0.2, 0) is 0 Å². The molecule has 0 unspecified atom stereocenters. The minimum absolute atomic E-state index is 0. The monoisotopic (exact) mass is 316 g/mol. The van der Waals surface area contributed by atoms with Crippen molar-refractivity contribution >= 4 is 43.3 Å². The summed E-state index contributed by atoms with van der Waals surface area (Å²) >= 11 is -2.03. The Morgan fingerprint density at radius 2 is 0.556 bits per heavy atom. The minimum atomic E-state index is -2.03. The first-order valence-electron chi connectivity index (χ1n) is 0.507. The molecule has 0 aliphatic heterocycles. The van der Waals surface area contributed by atoms with Crippen molar-refractivity contribution in [2.75, 3.05) is 0 Å². The molecular formula is H10Cl3O5Sb. The quantitative estimate of drug-likeness (QED) is 0.435. The van der Waals surface area contributed by atoms with Gasteiger partial charge in [-0.05, 0) is 0 Å². The molecule has 9 heteroatoms. The summed E-state index contributed by atoms with van der Waals surface area (Å²) in [7, 11) is 15.0. The fourth-order valence-electron chi connectivity index (χ4n) is 0. The van der Waals surface area contributed by atoms with Crippen LogP contribution in [0, 0.1) is 0 Å². The Bertz CT molecular complexity index is 16.9. The van der Waals surface area contributed by atoms with Crippen molar-refractivity contribution in [3.8, 4) is 0 Å². The second kappa shape index (κ2) is 33.9. The molecule has 0 aliphatic carbocycles. The summed E-state index contributed by atoms with van der Waals surface area (Å²) in [6, 6.07) is 0. The molecule has 0 aromatic heterocycles. The number of halogens is 3. The molecule has 0 bridgehead atoms. The van der Waals surface area contributed by atoms with Crippen molar-refractivity contribution < 1.29 is 27.4 Å². The van der Waals surface area contributed by atoms with Crippen molar-refractivity contribution in [2.24, 2.45) is 0 Å². The summed E-state index contributed by atoms with van der Waals surface area (Å²) in [6.45, 7) is 0. The van der Waals surface area contributed by atoms with Gasteiger partial charge in [0.25, 0.3) is 0 Å². The van der Waals surface area contributed by atoms with Crippen molar-refractivity contribution in [3.05, 3.63) is 0 Å². The van der Waals surface area contributed by atoms with Crippen LogP contribution < -0.4 is 0 Å². The van der Waals surface area contributed by atoms with E-state index in [0.717, 1.165) is 0 Å². The van der Waals surface area contributed by atoms with Gasteiger partial charge in [-0.25, -0.2) is 0 Å². The number of rotatable bonds is 0. The van der Waals surface area contributed by atoms with Gasteiger partial charge in [-0.1, -0.05) is 0 Å². The van der Waals surface area contributed by atoms with Crippen molar-refractivity contribution in [3.63, 3.8) is 0 Å². The average Bonchev–Trinajstić information content (AvgIpc) is 0.811. The van der Waals surface area contributed by atoms with E-state index in [2.05, 4.69) is 0 Å². The summed E-state index contributed by atoms with van der Waals surface area (Å²) in [4.78, 5) is 0. The third kappa shape index (κ3) is 240. The van der Waals surface area contributed by atoms with Gasteiger partial charge in [0.1, 0.15) is 0 Å². The Morgan fingerprint density at radius 3 is 0.556 bits per heavy atom. The fourth-order valence-corrected chi connectivity index (χ4v) is 0. The van der Waals surface area contributed by atoms with E-state index in [9.17, 15) is 0 Å². The summed E-state index contributed by atoms with van der Waals surface area (Å²) in [5.74, 6) is 0. The van der Waals surface area contributed by atoms with E-state index in [1.807, 2.05) is 0 Å². The molecule has 5 nitrogen and oxygen atoms in total. The van der Waals surface area contributed by atoms with Crippen molar-refractivity contribution in [2.45, 2.75) is 0 Å². The van der Waals surface area contributed by atoms with Crippen molar-refractivity contribution in [1.82, 2.24) is 0 Å². The first-order valence-corrected chi connectivity index (χ1v) is 10.2. The van der Waals surface area contributed by atoms with E-state index in [0.29, 0.717) is 0 Å². The molecule has 0 aromatic rings. The predicted molar refractivity (Wildman–Crippen MR) is 41.4 cm³/mol.